The van der Waals surface area contributed by atoms with E-state index < -0.39 is 11.5 Å². The number of allylic oxidation sites excluding steroid dienone is 3. The summed E-state index contributed by atoms with van der Waals surface area (Å²) in [4.78, 5) is 25.5. The van der Waals surface area contributed by atoms with Crippen molar-refractivity contribution in [1.29, 1.82) is 0 Å². The third kappa shape index (κ3) is 3.18. The predicted octanol–water partition coefficient (Wildman–Crippen LogP) is 4.14. The molecule has 2 fully saturated rings. The second-order valence-corrected chi connectivity index (χ2v) is 11.8. The summed E-state index contributed by atoms with van der Waals surface area (Å²) < 4.78 is 5.82. The van der Waals surface area contributed by atoms with E-state index in [0.717, 1.165) is 43.3 Å². The lowest BCUT2D eigenvalue weighted by molar-refractivity contribution is -0.153. The van der Waals surface area contributed by atoms with Gasteiger partial charge in [0.25, 0.3) is 0 Å². The molecule has 5 nitrogen and oxygen atoms in total. The zero-order chi connectivity index (χ0) is 23.7. The molecular formula is C28H38O5. The van der Waals surface area contributed by atoms with Crippen LogP contribution in [0.2, 0.25) is 0 Å². The van der Waals surface area contributed by atoms with Crippen LogP contribution in [0.15, 0.2) is 34.9 Å². The molecule has 0 aromatic carbocycles. The molecule has 180 valence electrons. The molecule has 0 aromatic heterocycles. The first-order valence-corrected chi connectivity index (χ1v) is 12.7. The maximum Gasteiger partial charge on any atom is 0.336 e. The number of hydrogen-bond donors (Lipinski definition) is 2. The number of cyclic esters (lactones) is 1. The van der Waals surface area contributed by atoms with E-state index in [1.165, 1.54) is 0 Å². The summed E-state index contributed by atoms with van der Waals surface area (Å²) in [6, 6.07) is 0. The van der Waals surface area contributed by atoms with Gasteiger partial charge in [-0.3, -0.25) is 4.79 Å². The van der Waals surface area contributed by atoms with E-state index in [-0.39, 0.29) is 47.6 Å². The minimum absolute atomic E-state index is 0.0537. The van der Waals surface area contributed by atoms with Crippen LogP contribution in [0, 0.1) is 40.4 Å². The summed E-state index contributed by atoms with van der Waals surface area (Å²) in [5.41, 5.74) is 2.02. The topological polar surface area (TPSA) is 83.8 Å². The first-order chi connectivity index (χ1) is 15.6. The number of esters is 1. The molecule has 0 bridgehead atoms. The maximum absolute atomic E-state index is 13.1. The van der Waals surface area contributed by atoms with E-state index in [1.54, 1.807) is 6.08 Å². The molecule has 4 aliphatic carbocycles. The van der Waals surface area contributed by atoms with Crippen LogP contribution < -0.4 is 0 Å². The van der Waals surface area contributed by atoms with Crippen molar-refractivity contribution in [3.8, 4) is 0 Å². The Kier molecular flexibility index (Phi) is 5.52. The van der Waals surface area contributed by atoms with Gasteiger partial charge < -0.3 is 14.9 Å². The molecule has 33 heavy (non-hydrogen) atoms. The van der Waals surface area contributed by atoms with Gasteiger partial charge in [0.1, 0.15) is 6.10 Å². The Balaban J connectivity index is 1.42. The minimum atomic E-state index is -0.499. The van der Waals surface area contributed by atoms with Crippen LogP contribution >= 0.6 is 0 Å². The fourth-order valence-electron chi connectivity index (χ4n) is 8.67. The molecule has 5 aliphatic rings. The summed E-state index contributed by atoms with van der Waals surface area (Å²) in [5.74, 6) is 1.07. The molecule has 2 saturated carbocycles. The lowest BCUT2D eigenvalue weighted by atomic mass is 9.46. The second kappa shape index (κ2) is 7.91. The fraction of sp³-hybridized carbons (Fsp3) is 0.714. The molecule has 9 atom stereocenters. The Morgan fingerprint density at radius 3 is 2.64 bits per heavy atom. The summed E-state index contributed by atoms with van der Waals surface area (Å²) in [7, 11) is 0. The van der Waals surface area contributed by atoms with Crippen LogP contribution in [0.4, 0.5) is 0 Å². The Morgan fingerprint density at radius 1 is 1.18 bits per heavy atom. The van der Waals surface area contributed by atoms with Crippen LogP contribution in [0.1, 0.15) is 66.2 Å². The molecule has 1 heterocycles. The van der Waals surface area contributed by atoms with Gasteiger partial charge in [-0.2, -0.15) is 0 Å². The van der Waals surface area contributed by atoms with Crippen molar-refractivity contribution in [2.75, 3.05) is 6.61 Å². The number of ketones is 1. The highest BCUT2D eigenvalue weighted by Gasteiger charge is 2.62. The molecular weight excluding hydrogens is 416 g/mol. The average molecular weight is 455 g/mol. The Hall–Kier alpha value is -1.72. The molecule has 0 amide bonds. The van der Waals surface area contributed by atoms with Gasteiger partial charge >= 0.3 is 5.97 Å². The Labute approximate surface area is 197 Å². The average Bonchev–Trinajstić information content (AvgIpc) is 3.12. The molecule has 2 N–H and O–H groups in total. The van der Waals surface area contributed by atoms with Gasteiger partial charge in [0, 0.05) is 6.42 Å². The monoisotopic (exact) mass is 454 g/mol. The van der Waals surface area contributed by atoms with Crippen LogP contribution in [-0.2, 0) is 14.3 Å². The number of ether oxygens (including phenoxy) is 1. The molecule has 0 aromatic rings. The Bertz CT molecular complexity index is 959. The molecule has 5 heteroatoms. The smallest absolute Gasteiger partial charge is 0.336 e. The number of aliphatic hydroxyl groups excluding tert-OH is 2. The Morgan fingerprint density at radius 2 is 1.94 bits per heavy atom. The van der Waals surface area contributed by atoms with Gasteiger partial charge in [-0.15, -0.1) is 0 Å². The van der Waals surface area contributed by atoms with E-state index in [4.69, 9.17) is 4.74 Å². The molecule has 5 rings (SSSR count). The summed E-state index contributed by atoms with van der Waals surface area (Å²) >= 11 is 0. The van der Waals surface area contributed by atoms with Gasteiger partial charge in [0.2, 0.25) is 0 Å². The summed E-state index contributed by atoms with van der Waals surface area (Å²) in [6.45, 7) is 8.37. The SMILES string of the molecule is CC1=C(CO)C(=O)OC(C(C)C2CCC3C4C(O)C=C5CC=CC(=O)[C@]5(C)C4CC[C@]23C)C1. The van der Waals surface area contributed by atoms with E-state index >= 15 is 0 Å². The number of fused-ring (bicyclic) bond motifs is 5. The first kappa shape index (κ1) is 23.0. The molecule has 7 unspecified atom stereocenters. The van der Waals surface area contributed by atoms with Gasteiger partial charge in [0.15, 0.2) is 5.78 Å². The van der Waals surface area contributed by atoms with E-state index in [2.05, 4.69) is 20.8 Å². The minimum Gasteiger partial charge on any atom is -0.458 e. The molecule has 0 saturated heterocycles. The number of carbonyl (C=O) groups is 2. The van der Waals surface area contributed by atoms with Gasteiger partial charge in [-0.25, -0.2) is 4.79 Å². The largest absolute Gasteiger partial charge is 0.458 e. The third-order valence-corrected chi connectivity index (χ3v) is 10.6. The van der Waals surface area contributed by atoms with Crippen molar-refractivity contribution >= 4 is 11.8 Å². The second-order valence-electron chi connectivity index (χ2n) is 11.8. The van der Waals surface area contributed by atoms with Crippen LogP contribution in [-0.4, -0.2) is 40.8 Å². The predicted molar refractivity (Wildman–Crippen MR) is 125 cm³/mol. The quantitative estimate of drug-likeness (QED) is 0.495. The van der Waals surface area contributed by atoms with Crippen LogP contribution in [0.5, 0.6) is 0 Å². The zero-order valence-electron chi connectivity index (χ0n) is 20.3. The highest BCUT2D eigenvalue weighted by atomic mass is 16.5. The van der Waals surface area contributed by atoms with Gasteiger partial charge in [-0.1, -0.05) is 37.1 Å². The fourth-order valence-corrected chi connectivity index (χ4v) is 8.67. The van der Waals surface area contributed by atoms with Crippen molar-refractivity contribution in [2.45, 2.75) is 78.4 Å². The van der Waals surface area contributed by atoms with Gasteiger partial charge in [0.05, 0.1) is 23.7 Å². The number of aliphatic hydroxyl groups is 2. The third-order valence-electron chi connectivity index (χ3n) is 10.6. The van der Waals surface area contributed by atoms with Crippen LogP contribution in [0.3, 0.4) is 0 Å². The molecule has 1 aliphatic heterocycles. The normalized spacial score (nSPS) is 45.7. The van der Waals surface area contributed by atoms with Crippen molar-refractivity contribution in [3.63, 3.8) is 0 Å². The zero-order valence-corrected chi connectivity index (χ0v) is 20.3. The van der Waals surface area contributed by atoms with Crippen molar-refractivity contribution in [1.82, 2.24) is 0 Å². The van der Waals surface area contributed by atoms with Crippen molar-refractivity contribution in [2.24, 2.45) is 40.4 Å². The van der Waals surface area contributed by atoms with Crippen LogP contribution in [0.25, 0.3) is 0 Å². The van der Waals surface area contributed by atoms with Crippen molar-refractivity contribution < 1.29 is 24.5 Å². The molecule has 0 spiro atoms. The van der Waals surface area contributed by atoms with Crippen molar-refractivity contribution in [3.05, 3.63) is 34.9 Å². The summed E-state index contributed by atoms with van der Waals surface area (Å²) in [6.07, 6.45) is 10.6. The van der Waals surface area contributed by atoms with E-state index in [9.17, 15) is 19.8 Å². The lowest BCUT2D eigenvalue weighted by Crippen LogP contribution is -2.56. The number of hydrogen-bond acceptors (Lipinski definition) is 5. The summed E-state index contributed by atoms with van der Waals surface area (Å²) in [5, 5.41) is 20.8. The van der Waals surface area contributed by atoms with E-state index in [0.29, 0.717) is 23.8 Å². The molecule has 0 radical (unpaired) electrons. The van der Waals surface area contributed by atoms with E-state index in [1.807, 2.05) is 19.1 Å². The van der Waals surface area contributed by atoms with Gasteiger partial charge in [-0.05, 0) is 87.0 Å². The number of rotatable bonds is 3. The highest BCUT2D eigenvalue weighted by Crippen LogP contribution is 2.66. The first-order valence-electron chi connectivity index (χ1n) is 12.7. The standard InChI is InChI=1S/C28H38O5/c1-15-12-23(33-26(32)18(15)14-29)16(2)19-8-9-20-25-21(10-11-27(19,20)3)28(4)17(13-22(25)30)6-5-7-24(28)31/h5,7,13,16,19-23,25,29-30H,6,8-12,14H2,1-4H3/t16?,19?,20?,21?,22?,23?,25?,27-,28+/m1/s1. The lowest BCUT2D eigenvalue weighted by Gasteiger charge is -2.58. The number of carbonyl (C=O) groups excluding carboxylic acids is 2. The highest BCUT2D eigenvalue weighted by molar-refractivity contribution is 5.98. The maximum atomic E-state index is 13.1.